The molecule has 6 heteroatoms. The van der Waals surface area contributed by atoms with Gasteiger partial charge in [-0.3, -0.25) is 9.59 Å². The van der Waals surface area contributed by atoms with Crippen molar-refractivity contribution in [3.05, 3.63) is 35.9 Å². The van der Waals surface area contributed by atoms with Gasteiger partial charge in [-0.05, 0) is 55.4 Å². The van der Waals surface area contributed by atoms with Gasteiger partial charge in [-0.2, -0.15) is 0 Å². The Bertz CT molecular complexity index is 863. The fourth-order valence-corrected chi connectivity index (χ4v) is 5.88. The van der Waals surface area contributed by atoms with Gasteiger partial charge < -0.3 is 14.8 Å². The van der Waals surface area contributed by atoms with Crippen LogP contribution in [-0.2, 0) is 23.9 Å². The van der Waals surface area contributed by atoms with Crippen molar-refractivity contribution in [2.75, 3.05) is 7.11 Å². The highest BCUT2D eigenvalue weighted by atomic mass is 16.5. The van der Waals surface area contributed by atoms with Crippen LogP contribution in [0.5, 0.6) is 0 Å². The van der Waals surface area contributed by atoms with E-state index >= 15 is 0 Å². The number of esters is 1. The molecule has 0 spiro atoms. The number of rotatable bonds is 10. The monoisotopic (exact) mass is 457 g/mol. The minimum absolute atomic E-state index is 0.0676. The highest BCUT2D eigenvalue weighted by Crippen LogP contribution is 2.57. The Balaban J connectivity index is 2.32. The number of methoxy groups -OCH3 is 1. The Morgan fingerprint density at radius 1 is 1.06 bits per heavy atom. The van der Waals surface area contributed by atoms with Crippen molar-refractivity contribution in [2.45, 2.75) is 79.2 Å². The number of hydrogen-bond acceptors (Lipinski definition) is 5. The van der Waals surface area contributed by atoms with E-state index in [0.29, 0.717) is 18.4 Å². The van der Waals surface area contributed by atoms with E-state index in [1.54, 1.807) is 26.0 Å². The molecule has 1 aromatic carbocycles. The number of benzene rings is 1. The third kappa shape index (κ3) is 6.52. The predicted octanol–water partition coefficient (Wildman–Crippen LogP) is 4.81. The second-order valence-corrected chi connectivity index (χ2v) is 10.4. The topological polar surface area (TPSA) is 89.5 Å². The summed E-state index contributed by atoms with van der Waals surface area (Å²) in [4.78, 5) is 50.1. The van der Waals surface area contributed by atoms with Gasteiger partial charge in [0.15, 0.2) is 6.04 Å². The van der Waals surface area contributed by atoms with Crippen molar-refractivity contribution in [3.63, 3.8) is 0 Å². The molecule has 0 radical (unpaired) electrons. The molecule has 0 aliphatic heterocycles. The minimum atomic E-state index is -0.886. The van der Waals surface area contributed by atoms with Crippen LogP contribution in [0.1, 0.15) is 84.7 Å². The molecule has 1 fully saturated rings. The van der Waals surface area contributed by atoms with Crippen molar-refractivity contribution < 1.29 is 23.9 Å². The lowest BCUT2D eigenvalue weighted by Crippen LogP contribution is -2.50. The first-order valence-electron chi connectivity index (χ1n) is 11.8. The first-order valence-corrected chi connectivity index (χ1v) is 11.8. The molecule has 1 N–H and O–H groups in total. The summed E-state index contributed by atoms with van der Waals surface area (Å²) in [6.07, 6.45) is 3.82. The molecular formula is C27H39NO5. The molecule has 1 aliphatic carbocycles. The normalized spacial score (nSPS) is 23.8. The van der Waals surface area contributed by atoms with Gasteiger partial charge in [-0.15, -0.1) is 0 Å². The van der Waals surface area contributed by atoms with E-state index in [4.69, 9.17) is 4.74 Å². The number of hydrogen-bond donors (Lipinski definition) is 1. The van der Waals surface area contributed by atoms with Gasteiger partial charge in [-0.25, -0.2) is 4.79 Å². The molecule has 1 aliphatic rings. The molecule has 1 amide bonds. The Morgan fingerprint density at radius 2 is 1.70 bits per heavy atom. The molecule has 4 atom stereocenters. The highest BCUT2D eigenvalue weighted by molar-refractivity contribution is 5.86. The molecule has 0 saturated heterocycles. The lowest BCUT2D eigenvalue weighted by atomic mass is 9.50. The van der Waals surface area contributed by atoms with Crippen LogP contribution in [-0.4, -0.2) is 30.6 Å². The zero-order chi connectivity index (χ0) is 24.8. The maximum atomic E-state index is 13.3. The third-order valence-corrected chi connectivity index (χ3v) is 7.61. The van der Waals surface area contributed by atoms with Gasteiger partial charge in [0.2, 0.25) is 5.91 Å². The fourth-order valence-electron chi connectivity index (χ4n) is 5.88. The van der Waals surface area contributed by atoms with Crippen molar-refractivity contribution in [2.24, 2.45) is 22.7 Å². The van der Waals surface area contributed by atoms with E-state index < -0.39 is 17.4 Å². The highest BCUT2D eigenvalue weighted by Gasteiger charge is 2.52. The summed E-state index contributed by atoms with van der Waals surface area (Å²) in [5.41, 5.74) is 0.0850. The van der Waals surface area contributed by atoms with Crippen molar-refractivity contribution >= 4 is 23.4 Å². The molecule has 33 heavy (non-hydrogen) atoms. The van der Waals surface area contributed by atoms with E-state index in [1.807, 2.05) is 18.2 Å². The van der Waals surface area contributed by atoms with Gasteiger partial charge in [0.1, 0.15) is 11.6 Å². The van der Waals surface area contributed by atoms with Crippen LogP contribution in [0, 0.1) is 22.7 Å². The summed E-state index contributed by atoms with van der Waals surface area (Å²) in [6.45, 7) is 9.55. The zero-order valence-corrected chi connectivity index (χ0v) is 20.9. The quantitative estimate of drug-likeness (QED) is 0.509. The number of carbonyl (C=O) groups is 4. The molecule has 0 aromatic heterocycles. The maximum Gasteiger partial charge on any atom is 0.333 e. The van der Waals surface area contributed by atoms with Crippen LogP contribution in [0.3, 0.4) is 0 Å². The average Bonchev–Trinajstić information content (AvgIpc) is 2.74. The number of Topliss-reactive ketones (excluding diaryl/α,β-unsaturated/α-hetero) is 2. The van der Waals surface area contributed by atoms with Crippen LogP contribution < -0.4 is 5.32 Å². The lowest BCUT2D eigenvalue weighted by Gasteiger charge is -2.54. The average molecular weight is 458 g/mol. The first kappa shape index (κ1) is 26.7. The van der Waals surface area contributed by atoms with Crippen molar-refractivity contribution in [3.8, 4) is 0 Å². The second-order valence-electron chi connectivity index (χ2n) is 10.4. The van der Waals surface area contributed by atoms with Crippen LogP contribution in [0.25, 0.3) is 0 Å². The summed E-state index contributed by atoms with van der Waals surface area (Å²) in [5.74, 6) is -0.993. The number of nitrogens with one attached hydrogen (secondary N) is 1. The van der Waals surface area contributed by atoms with E-state index in [0.717, 1.165) is 19.3 Å². The molecule has 0 bridgehead atoms. The van der Waals surface area contributed by atoms with Crippen LogP contribution in [0.15, 0.2) is 30.3 Å². The molecule has 0 unspecified atom stereocenters. The largest absolute Gasteiger partial charge is 0.467 e. The summed E-state index contributed by atoms with van der Waals surface area (Å²) in [7, 11) is 1.30. The standard InChI is InChI=1S/C27H39NO5/c1-18(29)13-14-21(19(2)30)27(5)16-10-15-26(3,4)22(27)17-23(31)28-24(25(32)33-6)20-11-8-7-9-12-20/h7-9,11-12,21-22,24H,10,13-17H2,1-6H3,(H,28,31)/t21-,22+,24+,27-/m0/s1. The SMILES string of the molecule is COC(=O)[C@H](NC(=O)C[C@@H]1C(C)(C)CCC[C@@]1(C)[C@@H](CCC(C)=O)C(C)=O)c1ccccc1. The molecule has 182 valence electrons. The lowest BCUT2D eigenvalue weighted by molar-refractivity contribution is -0.146. The van der Waals surface area contributed by atoms with Crippen molar-refractivity contribution in [1.82, 2.24) is 5.32 Å². The Hall–Kier alpha value is -2.50. The number of ether oxygens (including phenoxy) is 1. The molecule has 6 nitrogen and oxygen atoms in total. The van der Waals surface area contributed by atoms with Gasteiger partial charge in [0.25, 0.3) is 0 Å². The van der Waals surface area contributed by atoms with Crippen LogP contribution in [0.4, 0.5) is 0 Å². The minimum Gasteiger partial charge on any atom is -0.467 e. The molecule has 1 saturated carbocycles. The first-order chi connectivity index (χ1) is 15.4. The molecule has 2 rings (SSSR count). The van der Waals surface area contributed by atoms with Gasteiger partial charge in [0.05, 0.1) is 7.11 Å². The number of ketones is 2. The Labute approximate surface area is 197 Å². The summed E-state index contributed by atoms with van der Waals surface area (Å²) in [5, 5.41) is 2.87. The Kier molecular flexibility index (Phi) is 8.98. The zero-order valence-electron chi connectivity index (χ0n) is 20.9. The van der Waals surface area contributed by atoms with Crippen LogP contribution >= 0.6 is 0 Å². The van der Waals surface area contributed by atoms with Gasteiger partial charge in [-0.1, -0.05) is 57.5 Å². The second kappa shape index (κ2) is 11.1. The third-order valence-electron chi connectivity index (χ3n) is 7.61. The van der Waals surface area contributed by atoms with Gasteiger partial charge in [0, 0.05) is 18.8 Å². The van der Waals surface area contributed by atoms with E-state index in [9.17, 15) is 19.2 Å². The van der Waals surface area contributed by atoms with E-state index in [2.05, 4.69) is 26.1 Å². The summed E-state index contributed by atoms with van der Waals surface area (Å²) < 4.78 is 4.93. The van der Waals surface area contributed by atoms with Crippen molar-refractivity contribution in [1.29, 1.82) is 0 Å². The van der Waals surface area contributed by atoms with Crippen LogP contribution in [0.2, 0.25) is 0 Å². The number of carbonyl (C=O) groups excluding carboxylic acids is 4. The predicted molar refractivity (Wildman–Crippen MR) is 127 cm³/mol. The fraction of sp³-hybridized carbons (Fsp3) is 0.630. The number of amides is 1. The maximum absolute atomic E-state index is 13.3. The molecule has 0 heterocycles. The molecular weight excluding hydrogens is 418 g/mol. The van der Waals surface area contributed by atoms with Gasteiger partial charge >= 0.3 is 5.97 Å². The molecule has 1 aromatic rings. The smallest absolute Gasteiger partial charge is 0.333 e. The van der Waals surface area contributed by atoms with E-state index in [-0.39, 0.29) is 41.1 Å². The summed E-state index contributed by atoms with van der Waals surface area (Å²) in [6, 6.07) is 8.14. The van der Waals surface area contributed by atoms with E-state index in [1.165, 1.54) is 7.11 Å². The Morgan fingerprint density at radius 3 is 2.24 bits per heavy atom. The summed E-state index contributed by atoms with van der Waals surface area (Å²) >= 11 is 0.